The first-order chi connectivity index (χ1) is 8.22. The molecular weight excluding hydrogens is 300 g/mol. The number of nitrogen functional groups attached to an aromatic ring is 1. The van der Waals surface area contributed by atoms with E-state index in [0.29, 0.717) is 11.5 Å². The van der Waals surface area contributed by atoms with Gasteiger partial charge in [-0.2, -0.15) is 0 Å². The molecule has 88 valence electrons. The van der Waals surface area contributed by atoms with E-state index in [2.05, 4.69) is 31.2 Å². The molecule has 0 unspecified atom stereocenters. The molecule has 1 aliphatic rings. The number of aryl methyl sites for hydroxylation is 2. The van der Waals surface area contributed by atoms with Crippen LogP contribution in [0.15, 0.2) is 16.7 Å². The van der Waals surface area contributed by atoms with Gasteiger partial charge >= 0.3 is 0 Å². The molecule has 17 heavy (non-hydrogen) atoms. The quantitative estimate of drug-likeness (QED) is 0.894. The highest BCUT2D eigenvalue weighted by Gasteiger charge is 2.17. The fraction of sp³-hybridized carbons (Fsp3) is 0.273. The molecule has 0 aromatic carbocycles. The van der Waals surface area contributed by atoms with Crippen molar-refractivity contribution < 1.29 is 0 Å². The molecule has 0 spiro atoms. The van der Waals surface area contributed by atoms with Gasteiger partial charge in [0.25, 0.3) is 0 Å². The maximum absolute atomic E-state index is 5.88. The topological polar surface area (TPSA) is 63.8 Å². The lowest BCUT2D eigenvalue weighted by Crippen LogP contribution is -1.98. The van der Waals surface area contributed by atoms with Crippen molar-refractivity contribution in [1.29, 1.82) is 0 Å². The summed E-state index contributed by atoms with van der Waals surface area (Å²) in [5, 5.41) is 4.06. The van der Waals surface area contributed by atoms with E-state index >= 15 is 0 Å². The summed E-state index contributed by atoms with van der Waals surface area (Å²) in [5.41, 5.74) is 7.73. The molecule has 0 saturated carbocycles. The normalized spacial score (nSPS) is 13.7. The summed E-state index contributed by atoms with van der Waals surface area (Å²) in [4.78, 5) is 10.2. The first kappa shape index (κ1) is 11.0. The standard InChI is InChI=1S/C11H11BrN4S/c12-6-4-7(13)10(14-5-6)16-11-15-8-2-1-3-9(8)17-11/h4-5H,1-3,13H2,(H,14,15,16). The summed E-state index contributed by atoms with van der Waals surface area (Å²) in [6, 6.07) is 1.83. The summed E-state index contributed by atoms with van der Waals surface area (Å²) >= 11 is 5.03. The zero-order valence-corrected chi connectivity index (χ0v) is 11.4. The number of nitrogens with one attached hydrogen (secondary N) is 1. The molecule has 3 rings (SSSR count). The Hall–Kier alpha value is -1.14. The van der Waals surface area contributed by atoms with Gasteiger partial charge in [0.2, 0.25) is 0 Å². The van der Waals surface area contributed by atoms with Gasteiger partial charge in [0.1, 0.15) is 0 Å². The van der Waals surface area contributed by atoms with E-state index in [1.165, 1.54) is 17.0 Å². The smallest absolute Gasteiger partial charge is 0.188 e. The number of halogens is 1. The van der Waals surface area contributed by atoms with Crippen LogP contribution in [0.3, 0.4) is 0 Å². The second-order valence-electron chi connectivity index (χ2n) is 3.96. The second kappa shape index (κ2) is 4.27. The average molecular weight is 311 g/mol. The van der Waals surface area contributed by atoms with Crippen LogP contribution in [0, 0.1) is 0 Å². The number of aromatic nitrogens is 2. The Balaban J connectivity index is 1.86. The Bertz CT molecular complexity index is 545. The molecule has 0 radical (unpaired) electrons. The fourth-order valence-corrected chi connectivity index (χ4v) is 3.30. The van der Waals surface area contributed by atoms with Crippen LogP contribution in [-0.4, -0.2) is 9.97 Å². The number of nitrogens with two attached hydrogens (primary N) is 1. The molecule has 6 heteroatoms. The molecule has 0 fully saturated rings. The predicted molar refractivity (Wildman–Crippen MR) is 73.8 cm³/mol. The largest absolute Gasteiger partial charge is 0.396 e. The average Bonchev–Trinajstić information content (AvgIpc) is 2.82. The van der Waals surface area contributed by atoms with E-state index in [9.17, 15) is 0 Å². The van der Waals surface area contributed by atoms with Crippen LogP contribution >= 0.6 is 27.3 Å². The minimum atomic E-state index is 0.620. The van der Waals surface area contributed by atoms with E-state index in [1.807, 2.05) is 6.07 Å². The molecule has 0 bridgehead atoms. The number of hydrogen-bond acceptors (Lipinski definition) is 5. The first-order valence-corrected chi connectivity index (χ1v) is 7.00. The predicted octanol–water partition coefficient (Wildman–Crippen LogP) is 3.12. The number of pyridine rings is 1. The van der Waals surface area contributed by atoms with E-state index < -0.39 is 0 Å². The summed E-state index contributed by atoms with van der Waals surface area (Å²) in [6.45, 7) is 0. The second-order valence-corrected chi connectivity index (χ2v) is 5.96. The maximum Gasteiger partial charge on any atom is 0.188 e. The van der Waals surface area contributed by atoms with Crippen LogP contribution in [0.4, 0.5) is 16.6 Å². The van der Waals surface area contributed by atoms with Gasteiger partial charge < -0.3 is 11.1 Å². The van der Waals surface area contributed by atoms with Crippen LogP contribution in [0.5, 0.6) is 0 Å². The summed E-state index contributed by atoms with van der Waals surface area (Å²) in [7, 11) is 0. The molecule has 0 atom stereocenters. The van der Waals surface area contributed by atoms with Gasteiger partial charge in [0.15, 0.2) is 10.9 Å². The zero-order chi connectivity index (χ0) is 11.8. The van der Waals surface area contributed by atoms with Gasteiger partial charge in [-0.15, -0.1) is 11.3 Å². The monoisotopic (exact) mass is 310 g/mol. The minimum Gasteiger partial charge on any atom is -0.396 e. The highest BCUT2D eigenvalue weighted by atomic mass is 79.9. The van der Waals surface area contributed by atoms with Crippen molar-refractivity contribution in [3.05, 3.63) is 27.3 Å². The molecule has 2 aromatic heterocycles. The summed E-state index contributed by atoms with van der Waals surface area (Å²) in [5.74, 6) is 0.667. The van der Waals surface area contributed by atoms with E-state index in [4.69, 9.17) is 5.73 Å². The van der Waals surface area contributed by atoms with Crippen LogP contribution in [0.1, 0.15) is 17.0 Å². The van der Waals surface area contributed by atoms with Crippen molar-refractivity contribution in [2.75, 3.05) is 11.1 Å². The Morgan fingerprint density at radius 1 is 1.41 bits per heavy atom. The van der Waals surface area contributed by atoms with E-state index in [0.717, 1.165) is 22.4 Å². The molecule has 0 amide bonds. The third-order valence-corrected chi connectivity index (χ3v) is 4.21. The van der Waals surface area contributed by atoms with Crippen molar-refractivity contribution in [3.8, 4) is 0 Å². The molecule has 1 aliphatic carbocycles. The molecule has 3 N–H and O–H groups in total. The number of nitrogens with zero attached hydrogens (tertiary/aromatic N) is 2. The van der Waals surface area contributed by atoms with Gasteiger partial charge in [-0.1, -0.05) is 0 Å². The molecule has 4 nitrogen and oxygen atoms in total. The number of hydrogen-bond donors (Lipinski definition) is 2. The Morgan fingerprint density at radius 3 is 3.06 bits per heavy atom. The third kappa shape index (κ3) is 2.14. The summed E-state index contributed by atoms with van der Waals surface area (Å²) < 4.78 is 0.877. The highest BCUT2D eigenvalue weighted by Crippen LogP contribution is 2.32. The van der Waals surface area contributed by atoms with Gasteiger partial charge in [0.05, 0.1) is 11.4 Å². The Morgan fingerprint density at radius 2 is 2.29 bits per heavy atom. The minimum absolute atomic E-state index is 0.620. The lowest BCUT2D eigenvalue weighted by Gasteiger charge is -2.05. The number of rotatable bonds is 2. The van der Waals surface area contributed by atoms with Crippen LogP contribution in [0.2, 0.25) is 0 Å². The van der Waals surface area contributed by atoms with Gasteiger partial charge in [-0.3, -0.25) is 0 Å². The van der Waals surface area contributed by atoms with Crippen LogP contribution in [0.25, 0.3) is 0 Å². The fourth-order valence-electron chi connectivity index (χ4n) is 1.90. The SMILES string of the molecule is Nc1cc(Br)cnc1Nc1nc2c(s1)CCC2. The summed E-state index contributed by atoms with van der Waals surface area (Å²) in [6.07, 6.45) is 5.20. The van der Waals surface area contributed by atoms with Crippen molar-refractivity contribution >= 4 is 43.9 Å². The molecular formula is C11H11BrN4S. The zero-order valence-electron chi connectivity index (χ0n) is 9.03. The molecule has 2 aromatic rings. The highest BCUT2D eigenvalue weighted by molar-refractivity contribution is 9.10. The maximum atomic E-state index is 5.88. The lowest BCUT2D eigenvalue weighted by molar-refractivity contribution is 0.900. The van der Waals surface area contributed by atoms with Crippen LogP contribution < -0.4 is 11.1 Å². The van der Waals surface area contributed by atoms with E-state index in [-0.39, 0.29) is 0 Å². The molecule has 0 saturated heterocycles. The molecule has 2 heterocycles. The van der Waals surface area contributed by atoms with Gasteiger partial charge in [-0.25, -0.2) is 9.97 Å². The van der Waals surface area contributed by atoms with Crippen molar-refractivity contribution in [2.24, 2.45) is 0 Å². The van der Waals surface area contributed by atoms with Crippen LogP contribution in [-0.2, 0) is 12.8 Å². The number of anilines is 3. The lowest BCUT2D eigenvalue weighted by atomic mass is 10.4. The Kier molecular flexibility index (Phi) is 2.76. The van der Waals surface area contributed by atoms with Crippen molar-refractivity contribution in [2.45, 2.75) is 19.3 Å². The molecule has 0 aliphatic heterocycles. The van der Waals surface area contributed by atoms with Crippen molar-refractivity contribution in [3.63, 3.8) is 0 Å². The number of fused-ring (bicyclic) bond motifs is 1. The van der Waals surface area contributed by atoms with Crippen molar-refractivity contribution in [1.82, 2.24) is 9.97 Å². The number of thiazole rings is 1. The van der Waals surface area contributed by atoms with Gasteiger partial charge in [-0.05, 0) is 41.3 Å². The van der Waals surface area contributed by atoms with Gasteiger partial charge in [0, 0.05) is 15.5 Å². The third-order valence-electron chi connectivity index (χ3n) is 2.70. The Labute approximate surface area is 111 Å². The first-order valence-electron chi connectivity index (χ1n) is 5.39. The van der Waals surface area contributed by atoms with E-state index in [1.54, 1.807) is 17.5 Å².